The molecule has 7 nitrogen and oxygen atoms in total. The van der Waals surface area contributed by atoms with Gasteiger partial charge in [0.25, 0.3) is 0 Å². The van der Waals surface area contributed by atoms with Gasteiger partial charge in [0, 0.05) is 28.6 Å². The van der Waals surface area contributed by atoms with Crippen molar-refractivity contribution in [1.82, 2.24) is 0 Å². The number of fused-ring (bicyclic) bond motifs is 8. The van der Waals surface area contributed by atoms with Gasteiger partial charge in [0.2, 0.25) is 5.78 Å². The van der Waals surface area contributed by atoms with E-state index in [1.54, 1.807) is 18.4 Å². The van der Waals surface area contributed by atoms with Crippen molar-refractivity contribution in [2.24, 2.45) is 38.9 Å². The van der Waals surface area contributed by atoms with Crippen molar-refractivity contribution >= 4 is 17.3 Å². The number of aliphatic hydroxyl groups is 1. The summed E-state index contributed by atoms with van der Waals surface area (Å²) in [5, 5.41) is 21.0. The molecule has 0 radical (unpaired) electrons. The molecule has 8 aliphatic rings. The van der Waals surface area contributed by atoms with Gasteiger partial charge in [-0.2, -0.15) is 0 Å². The third kappa shape index (κ3) is 3.86. The predicted molar refractivity (Wildman–Crippen MR) is 191 cm³/mol. The molecule has 1 aromatic heterocycles. The summed E-state index contributed by atoms with van der Waals surface area (Å²) in [4.78, 5) is 39.0. The maximum absolute atomic E-state index is 14.0. The van der Waals surface area contributed by atoms with Gasteiger partial charge < -0.3 is 19.4 Å². The van der Waals surface area contributed by atoms with Crippen LogP contribution in [0.2, 0.25) is 0 Å². The molecule has 1 saturated heterocycles. The number of ether oxygens (including phenoxy) is 1. The van der Waals surface area contributed by atoms with Crippen molar-refractivity contribution in [2.75, 3.05) is 0 Å². The van der Waals surface area contributed by atoms with Gasteiger partial charge in [-0.05, 0) is 130 Å². The molecular weight excluding hydrogens is 640 g/mol. The molecular formula is C44H50O7. The van der Waals surface area contributed by atoms with Crippen LogP contribution in [-0.4, -0.2) is 39.3 Å². The number of phenols is 1. The van der Waals surface area contributed by atoms with Gasteiger partial charge in [0.05, 0.1) is 29.5 Å². The van der Waals surface area contributed by atoms with E-state index < -0.39 is 21.8 Å². The molecule has 1 aromatic carbocycles. The number of allylic oxidation sites excluding steroid dienone is 6. The molecule has 5 fully saturated rings. The monoisotopic (exact) mass is 690 g/mol. The van der Waals surface area contributed by atoms with Gasteiger partial charge in [-0.15, -0.1) is 0 Å². The Bertz CT molecular complexity index is 2000. The lowest BCUT2D eigenvalue weighted by Crippen LogP contribution is -2.66. The molecule has 0 amide bonds. The van der Waals surface area contributed by atoms with Gasteiger partial charge >= 0.3 is 0 Å². The Balaban J connectivity index is 0.000000150. The van der Waals surface area contributed by atoms with E-state index in [9.17, 15) is 24.6 Å². The third-order valence-corrected chi connectivity index (χ3v) is 16.0. The molecule has 1 aliphatic heterocycles. The number of benzene rings is 1. The second kappa shape index (κ2) is 10.2. The van der Waals surface area contributed by atoms with E-state index in [2.05, 4.69) is 32.9 Å². The van der Waals surface area contributed by atoms with Gasteiger partial charge in [0.1, 0.15) is 17.1 Å². The quantitative estimate of drug-likeness (QED) is 0.227. The van der Waals surface area contributed by atoms with Crippen molar-refractivity contribution < 1.29 is 33.8 Å². The number of hydrogen-bond acceptors (Lipinski definition) is 7. The summed E-state index contributed by atoms with van der Waals surface area (Å²) in [5.74, 6) is 1.45. The zero-order valence-electron chi connectivity index (χ0n) is 30.7. The standard InChI is InChI=1S/C26H30O5.C18H20O2/c1-22(2)17(27)7-9-23(3)16-6-10-24(4)15(14-8-11-30-13-14)12-18-26(24,31-18)25(16,5)21(29)19(28)20(22)23;1-18-9-8-14-13-5-3-12(19)10-11(13)2-4-15(14)16(18)6-7-17(18)20/h7-9,11,13,15-16,18,28H,6,10,12H2,1-5H3;3-5,10,14,16,19H,2,6-9H2,1H3. The number of epoxide rings is 1. The Morgan fingerprint density at radius 1 is 0.902 bits per heavy atom. The molecule has 2 N–H and O–H groups in total. The van der Waals surface area contributed by atoms with Gasteiger partial charge in [-0.3, -0.25) is 14.4 Å². The number of carbonyl (C=O) groups excluding carboxylic acids is 3. The average molecular weight is 691 g/mol. The largest absolute Gasteiger partial charge is 0.508 e. The first kappa shape index (κ1) is 33.1. The van der Waals surface area contributed by atoms with E-state index in [-0.39, 0.29) is 46.1 Å². The number of ketones is 3. The smallest absolute Gasteiger partial charge is 0.206 e. The van der Waals surface area contributed by atoms with Crippen LogP contribution in [0.4, 0.5) is 0 Å². The number of carbonyl (C=O) groups is 3. The van der Waals surface area contributed by atoms with E-state index >= 15 is 0 Å². The van der Waals surface area contributed by atoms with Crippen molar-refractivity contribution in [1.29, 1.82) is 0 Å². The molecule has 10 unspecified atom stereocenters. The number of hydrogen-bond donors (Lipinski definition) is 2. The molecule has 2 aromatic rings. The third-order valence-electron chi connectivity index (χ3n) is 16.0. The van der Waals surface area contributed by atoms with Crippen LogP contribution in [0.25, 0.3) is 0 Å². The summed E-state index contributed by atoms with van der Waals surface area (Å²) in [7, 11) is 0. The zero-order valence-corrected chi connectivity index (χ0v) is 30.7. The van der Waals surface area contributed by atoms with Crippen molar-refractivity contribution in [3.05, 3.63) is 88.6 Å². The summed E-state index contributed by atoms with van der Waals surface area (Å²) in [6.45, 7) is 12.2. The lowest BCUT2D eigenvalue weighted by molar-refractivity contribution is -0.162. The van der Waals surface area contributed by atoms with Crippen LogP contribution in [0.15, 0.2) is 76.3 Å². The second-order valence-electron chi connectivity index (χ2n) is 18.4. The maximum Gasteiger partial charge on any atom is 0.206 e. The Morgan fingerprint density at radius 3 is 2.43 bits per heavy atom. The van der Waals surface area contributed by atoms with E-state index in [4.69, 9.17) is 9.15 Å². The lowest BCUT2D eigenvalue weighted by atomic mass is 9.39. The fourth-order valence-corrected chi connectivity index (χ4v) is 13.5. The van der Waals surface area contributed by atoms with Crippen molar-refractivity contribution in [3.8, 4) is 5.75 Å². The summed E-state index contributed by atoms with van der Waals surface area (Å²) < 4.78 is 11.9. The van der Waals surface area contributed by atoms with E-state index in [0.29, 0.717) is 28.9 Å². The number of aromatic hydroxyl groups is 1. The number of rotatable bonds is 1. The second-order valence-corrected chi connectivity index (χ2v) is 18.4. The zero-order chi connectivity index (χ0) is 36.1. The average Bonchev–Trinajstić information content (AvgIpc) is 3.32. The topological polar surface area (TPSA) is 117 Å². The highest BCUT2D eigenvalue weighted by molar-refractivity contribution is 6.06. The Morgan fingerprint density at radius 2 is 1.69 bits per heavy atom. The highest BCUT2D eigenvalue weighted by atomic mass is 16.6. The molecule has 1 spiro atoms. The highest BCUT2D eigenvalue weighted by Gasteiger charge is 2.87. The number of Topliss-reactive ketones (excluding diaryl/α,β-unsaturated/α-hetero) is 2. The van der Waals surface area contributed by atoms with Gasteiger partial charge in [0.15, 0.2) is 11.5 Å². The Labute approximate surface area is 300 Å². The normalized spacial score (nSPS) is 43.8. The predicted octanol–water partition coefficient (Wildman–Crippen LogP) is 8.63. The fourth-order valence-electron chi connectivity index (χ4n) is 13.5. The number of phenolic OH excluding ortho intramolecular Hbond substituents is 1. The van der Waals surface area contributed by atoms with Crippen molar-refractivity contribution in [3.63, 3.8) is 0 Å². The first-order valence-corrected chi connectivity index (χ1v) is 19.0. The summed E-state index contributed by atoms with van der Waals surface area (Å²) in [5.41, 5.74) is 2.64. The van der Waals surface area contributed by atoms with Crippen LogP contribution in [0.5, 0.6) is 5.75 Å². The number of aliphatic hydroxyl groups excluding tert-OH is 1. The summed E-state index contributed by atoms with van der Waals surface area (Å²) in [6.07, 6.45) is 16.9. The van der Waals surface area contributed by atoms with Crippen LogP contribution in [0.3, 0.4) is 0 Å². The van der Waals surface area contributed by atoms with Crippen LogP contribution < -0.4 is 0 Å². The molecule has 7 heteroatoms. The van der Waals surface area contributed by atoms with Crippen LogP contribution >= 0.6 is 0 Å². The summed E-state index contributed by atoms with van der Waals surface area (Å²) >= 11 is 0. The number of furan rings is 1. The molecule has 2 heterocycles. The lowest BCUT2D eigenvalue weighted by Gasteiger charge is -2.62. The maximum atomic E-state index is 14.0. The first-order valence-electron chi connectivity index (χ1n) is 19.0. The van der Waals surface area contributed by atoms with E-state index in [1.165, 1.54) is 22.3 Å². The SMILES string of the molecule is CC1(C)C(=O)C=CC2(C)C1=C(O)C(=O)C1(C)C2CCC2(C)C(c3ccoc3)CC3OC321.CC12CCC3C(=CCc4cc(O)ccc43)C1CCC2=O. The van der Waals surface area contributed by atoms with E-state index in [1.807, 2.05) is 45.2 Å². The molecule has 51 heavy (non-hydrogen) atoms. The van der Waals surface area contributed by atoms with Crippen LogP contribution in [0.1, 0.15) is 115 Å². The van der Waals surface area contributed by atoms with Gasteiger partial charge in [-0.25, -0.2) is 0 Å². The minimum Gasteiger partial charge on any atom is -0.508 e. The summed E-state index contributed by atoms with van der Waals surface area (Å²) in [6, 6.07) is 7.81. The molecule has 7 aliphatic carbocycles. The fraction of sp³-hybridized carbons (Fsp3) is 0.568. The van der Waals surface area contributed by atoms with Gasteiger partial charge in [-0.1, -0.05) is 44.6 Å². The first-order chi connectivity index (χ1) is 24.1. The van der Waals surface area contributed by atoms with Crippen LogP contribution in [-0.2, 0) is 25.5 Å². The molecule has 4 saturated carbocycles. The highest BCUT2D eigenvalue weighted by Crippen LogP contribution is 2.81. The molecule has 268 valence electrons. The molecule has 10 rings (SSSR count). The minimum atomic E-state index is -0.901. The van der Waals surface area contributed by atoms with Crippen LogP contribution in [0, 0.1) is 38.9 Å². The Hall–Kier alpha value is -3.71. The van der Waals surface area contributed by atoms with E-state index in [0.717, 1.165) is 51.4 Å². The Kier molecular flexibility index (Phi) is 6.66. The molecule has 0 bridgehead atoms. The molecule has 10 atom stereocenters. The minimum absolute atomic E-state index is 0.00527. The van der Waals surface area contributed by atoms with Crippen molar-refractivity contribution in [2.45, 2.75) is 116 Å².